The summed E-state index contributed by atoms with van der Waals surface area (Å²) in [7, 11) is 0. The van der Waals surface area contributed by atoms with Crippen molar-refractivity contribution < 1.29 is 49.4 Å². The van der Waals surface area contributed by atoms with E-state index in [2.05, 4.69) is 5.32 Å². The first-order valence-electron chi connectivity index (χ1n) is 9.76. The number of carbonyl (C=O) groups is 1. The van der Waals surface area contributed by atoms with Gasteiger partial charge in [0.2, 0.25) is 11.5 Å². The first-order valence-corrected chi connectivity index (χ1v) is 10.1. The van der Waals surface area contributed by atoms with Gasteiger partial charge in [-0.3, -0.25) is 4.79 Å². The molecular weight excluding hydrogens is 519 g/mol. The fourth-order valence-corrected chi connectivity index (χ4v) is 3.25. The summed E-state index contributed by atoms with van der Waals surface area (Å²) in [5, 5.41) is 13.9. The number of nitrogens with one attached hydrogen (secondary N) is 2. The molecule has 0 unspecified atom stereocenters. The van der Waals surface area contributed by atoms with Gasteiger partial charge in [-0.05, 0) is 41.5 Å². The number of rotatable bonds is 7. The first-order chi connectivity index (χ1) is 15.9. The van der Waals surface area contributed by atoms with Gasteiger partial charge in [0, 0.05) is 23.7 Å². The number of anilines is 1. The van der Waals surface area contributed by atoms with E-state index in [1.165, 1.54) is 6.92 Å². The SMILES string of the molecule is CCC(=O)NCc1ccc(NC[C@](O)(c2cc(Cl)cc(C(F)(F)F)c2)C(F)(F)F)cc1C(F)(F)F. The Labute approximate surface area is 198 Å². The van der Waals surface area contributed by atoms with E-state index in [1.807, 2.05) is 5.32 Å². The number of aliphatic hydroxyl groups is 1. The average Bonchev–Trinajstić information content (AvgIpc) is 2.73. The molecule has 0 aliphatic rings. The van der Waals surface area contributed by atoms with Crippen molar-refractivity contribution in [1.82, 2.24) is 5.32 Å². The van der Waals surface area contributed by atoms with Gasteiger partial charge in [0.1, 0.15) is 0 Å². The van der Waals surface area contributed by atoms with Crippen molar-refractivity contribution >= 4 is 23.2 Å². The Kier molecular flexibility index (Phi) is 8.27. The lowest BCUT2D eigenvalue weighted by molar-refractivity contribution is -0.260. The molecule has 0 heterocycles. The van der Waals surface area contributed by atoms with E-state index in [4.69, 9.17) is 11.6 Å². The van der Waals surface area contributed by atoms with Gasteiger partial charge in [-0.2, -0.15) is 39.5 Å². The molecule has 3 N–H and O–H groups in total. The van der Waals surface area contributed by atoms with Gasteiger partial charge in [-0.25, -0.2) is 0 Å². The van der Waals surface area contributed by atoms with Crippen LogP contribution in [-0.4, -0.2) is 23.7 Å². The molecule has 0 aliphatic carbocycles. The standard InChI is InChI=1S/C21H18ClF9N2O2/c1-2-17(34)32-9-11-3-4-15(8-16(11)20(26,27)28)33-10-18(35,21(29,30)31)12-5-13(19(23,24)25)7-14(22)6-12/h3-8,33,35H,2,9-10H2,1H3,(H,32,34)/t18-/m0/s1. The molecule has 4 nitrogen and oxygen atoms in total. The van der Waals surface area contributed by atoms with E-state index in [-0.39, 0.29) is 18.1 Å². The van der Waals surface area contributed by atoms with Gasteiger partial charge in [0.25, 0.3) is 0 Å². The third-order valence-corrected chi connectivity index (χ3v) is 5.15. The van der Waals surface area contributed by atoms with E-state index >= 15 is 0 Å². The number of benzene rings is 2. The number of alkyl halides is 9. The van der Waals surface area contributed by atoms with Crippen LogP contribution < -0.4 is 10.6 Å². The molecular formula is C21H18ClF9N2O2. The molecule has 1 amide bonds. The summed E-state index contributed by atoms with van der Waals surface area (Å²) in [6, 6.07) is 3.24. The van der Waals surface area contributed by atoms with Crippen LogP contribution in [0.25, 0.3) is 0 Å². The fourth-order valence-electron chi connectivity index (χ4n) is 3.01. The molecule has 194 valence electrons. The first kappa shape index (κ1) is 28.6. The molecule has 0 bridgehead atoms. The topological polar surface area (TPSA) is 61.4 Å². The van der Waals surface area contributed by atoms with Crippen LogP contribution in [0, 0.1) is 0 Å². The van der Waals surface area contributed by atoms with Crippen LogP contribution in [-0.2, 0) is 29.3 Å². The van der Waals surface area contributed by atoms with Gasteiger partial charge in [-0.15, -0.1) is 0 Å². The Hall–Kier alpha value is -2.67. The number of hydrogen-bond acceptors (Lipinski definition) is 3. The summed E-state index contributed by atoms with van der Waals surface area (Å²) in [6.07, 6.45) is -15.6. The maximum atomic E-state index is 13.8. The Bertz CT molecular complexity index is 1070. The van der Waals surface area contributed by atoms with E-state index in [9.17, 15) is 49.4 Å². The van der Waals surface area contributed by atoms with E-state index < -0.39 is 70.5 Å². The molecule has 0 aromatic heterocycles. The molecule has 0 spiro atoms. The molecule has 2 aromatic rings. The normalized spacial score (nSPS) is 14.4. The van der Waals surface area contributed by atoms with Crippen molar-refractivity contribution in [3.63, 3.8) is 0 Å². The molecule has 35 heavy (non-hydrogen) atoms. The van der Waals surface area contributed by atoms with Crippen molar-refractivity contribution in [1.29, 1.82) is 0 Å². The number of halogens is 10. The number of carbonyl (C=O) groups excluding carboxylic acids is 1. The Balaban J connectivity index is 2.43. The summed E-state index contributed by atoms with van der Waals surface area (Å²) >= 11 is 5.53. The second-order valence-corrected chi connectivity index (χ2v) is 7.87. The maximum Gasteiger partial charge on any atom is 0.423 e. The monoisotopic (exact) mass is 536 g/mol. The minimum absolute atomic E-state index is 0.0105. The molecule has 0 aliphatic heterocycles. The largest absolute Gasteiger partial charge is 0.423 e. The molecule has 0 saturated heterocycles. The Morgan fingerprint density at radius 1 is 0.914 bits per heavy atom. The van der Waals surface area contributed by atoms with Gasteiger partial charge in [-0.1, -0.05) is 24.6 Å². The minimum Gasteiger partial charge on any atom is -0.381 e. The smallest absolute Gasteiger partial charge is 0.381 e. The molecule has 0 saturated carbocycles. The lowest BCUT2D eigenvalue weighted by atomic mass is 9.91. The molecule has 2 rings (SSSR count). The van der Waals surface area contributed by atoms with Crippen LogP contribution >= 0.6 is 11.6 Å². The van der Waals surface area contributed by atoms with Crippen molar-refractivity contribution in [2.24, 2.45) is 0 Å². The second-order valence-electron chi connectivity index (χ2n) is 7.44. The molecule has 0 radical (unpaired) electrons. The molecule has 1 atom stereocenters. The highest BCUT2D eigenvalue weighted by Gasteiger charge is 2.55. The van der Waals surface area contributed by atoms with Gasteiger partial charge in [0.15, 0.2) is 0 Å². The van der Waals surface area contributed by atoms with Crippen molar-refractivity contribution in [3.05, 3.63) is 63.7 Å². The van der Waals surface area contributed by atoms with Crippen molar-refractivity contribution in [3.8, 4) is 0 Å². The van der Waals surface area contributed by atoms with Gasteiger partial charge < -0.3 is 15.7 Å². The van der Waals surface area contributed by atoms with E-state index in [0.29, 0.717) is 18.2 Å². The summed E-state index contributed by atoms with van der Waals surface area (Å²) in [5.74, 6) is -0.532. The zero-order valence-corrected chi connectivity index (χ0v) is 18.5. The highest BCUT2D eigenvalue weighted by Crippen LogP contribution is 2.43. The highest BCUT2D eigenvalue weighted by atomic mass is 35.5. The van der Waals surface area contributed by atoms with Gasteiger partial charge in [0.05, 0.1) is 17.7 Å². The van der Waals surface area contributed by atoms with E-state index in [0.717, 1.165) is 12.1 Å². The molecule has 14 heteroatoms. The summed E-state index contributed by atoms with van der Waals surface area (Å²) in [5.41, 5.74) is -8.90. The zero-order chi connectivity index (χ0) is 26.8. The van der Waals surface area contributed by atoms with Crippen LogP contribution in [0.4, 0.5) is 45.2 Å². The van der Waals surface area contributed by atoms with Gasteiger partial charge >= 0.3 is 18.5 Å². The summed E-state index contributed by atoms with van der Waals surface area (Å²) < 4.78 is 121. The number of hydrogen-bond donors (Lipinski definition) is 3. The van der Waals surface area contributed by atoms with Crippen LogP contribution in [0.2, 0.25) is 5.02 Å². The third-order valence-electron chi connectivity index (χ3n) is 4.93. The highest BCUT2D eigenvalue weighted by molar-refractivity contribution is 6.30. The fraction of sp³-hybridized carbons (Fsp3) is 0.381. The van der Waals surface area contributed by atoms with Crippen LogP contribution in [0.3, 0.4) is 0 Å². The summed E-state index contributed by atoms with van der Waals surface area (Å²) in [6.45, 7) is -0.555. The van der Waals surface area contributed by atoms with E-state index in [1.54, 1.807) is 0 Å². The molecule has 0 fully saturated rings. The third kappa shape index (κ3) is 6.94. The summed E-state index contributed by atoms with van der Waals surface area (Å²) in [4.78, 5) is 11.3. The predicted octanol–water partition coefficient (Wildman–Crippen LogP) is 6.27. The Morgan fingerprint density at radius 3 is 2.03 bits per heavy atom. The second kappa shape index (κ2) is 10.1. The lowest BCUT2D eigenvalue weighted by Crippen LogP contribution is -2.48. The minimum atomic E-state index is -5.54. The van der Waals surface area contributed by atoms with Crippen LogP contribution in [0.5, 0.6) is 0 Å². The molecule has 2 aromatic carbocycles. The van der Waals surface area contributed by atoms with Crippen molar-refractivity contribution in [2.45, 2.75) is 44.0 Å². The predicted molar refractivity (Wildman–Crippen MR) is 108 cm³/mol. The Morgan fingerprint density at radius 2 is 1.51 bits per heavy atom. The number of amides is 1. The van der Waals surface area contributed by atoms with Crippen molar-refractivity contribution in [2.75, 3.05) is 11.9 Å². The quantitative estimate of drug-likeness (QED) is 0.366. The zero-order valence-electron chi connectivity index (χ0n) is 17.7. The maximum absolute atomic E-state index is 13.8. The van der Waals surface area contributed by atoms with Crippen LogP contribution in [0.15, 0.2) is 36.4 Å². The average molecular weight is 537 g/mol. The lowest BCUT2D eigenvalue weighted by Gasteiger charge is -2.32. The van der Waals surface area contributed by atoms with Crippen LogP contribution in [0.1, 0.15) is 35.6 Å².